The van der Waals surface area contributed by atoms with E-state index in [2.05, 4.69) is 0 Å². The average molecular weight is 283 g/mol. The van der Waals surface area contributed by atoms with Gasteiger partial charge in [-0.1, -0.05) is 36.4 Å². The molecule has 106 valence electrons. The number of carbonyl (C=O) groups is 1. The molecule has 2 aromatic rings. The molecule has 0 N–H and O–H groups in total. The Morgan fingerprint density at radius 1 is 1.05 bits per heavy atom. The Balaban J connectivity index is 2.27. The summed E-state index contributed by atoms with van der Waals surface area (Å²) in [5, 5.41) is 10.7. The van der Waals surface area contributed by atoms with Crippen molar-refractivity contribution < 1.29 is 14.5 Å². The van der Waals surface area contributed by atoms with Crippen molar-refractivity contribution in [2.24, 2.45) is 0 Å². The predicted molar refractivity (Wildman–Crippen MR) is 80.4 cm³/mol. The second kappa shape index (κ2) is 6.47. The molecule has 0 radical (unpaired) electrons. The molecule has 2 aromatic carbocycles. The van der Waals surface area contributed by atoms with Crippen molar-refractivity contribution in [3.63, 3.8) is 0 Å². The van der Waals surface area contributed by atoms with Gasteiger partial charge in [0.05, 0.1) is 18.1 Å². The van der Waals surface area contributed by atoms with E-state index in [0.717, 1.165) is 17.4 Å². The number of methoxy groups -OCH3 is 1. The van der Waals surface area contributed by atoms with Crippen LogP contribution in [-0.2, 0) is 0 Å². The van der Waals surface area contributed by atoms with Gasteiger partial charge in [-0.2, -0.15) is 0 Å². The van der Waals surface area contributed by atoms with Gasteiger partial charge in [0.2, 0.25) is 0 Å². The van der Waals surface area contributed by atoms with Gasteiger partial charge in [-0.15, -0.1) is 0 Å². The number of benzene rings is 2. The van der Waals surface area contributed by atoms with Crippen molar-refractivity contribution in [1.82, 2.24) is 0 Å². The molecule has 0 spiro atoms. The van der Waals surface area contributed by atoms with Crippen LogP contribution in [0.2, 0.25) is 0 Å². The minimum Gasteiger partial charge on any atom is -0.496 e. The molecule has 0 fully saturated rings. The maximum absolute atomic E-state index is 10.7. The first-order chi connectivity index (χ1) is 10.1. The zero-order chi connectivity index (χ0) is 15.2. The molecule has 5 nitrogen and oxygen atoms in total. The Morgan fingerprint density at radius 2 is 1.71 bits per heavy atom. The Labute approximate surface area is 121 Å². The van der Waals surface area contributed by atoms with E-state index < -0.39 is 4.92 Å². The fourth-order valence-electron chi connectivity index (χ4n) is 1.82. The predicted octanol–water partition coefficient (Wildman–Crippen LogP) is 3.59. The van der Waals surface area contributed by atoms with Gasteiger partial charge in [0.1, 0.15) is 12.0 Å². The number of aldehydes is 1. The lowest BCUT2D eigenvalue weighted by atomic mass is 10.1. The van der Waals surface area contributed by atoms with Gasteiger partial charge in [-0.05, 0) is 11.6 Å². The van der Waals surface area contributed by atoms with Crippen LogP contribution in [0.25, 0.3) is 12.2 Å². The molecule has 5 heteroatoms. The topological polar surface area (TPSA) is 69.4 Å². The van der Waals surface area contributed by atoms with E-state index in [0.29, 0.717) is 11.3 Å². The summed E-state index contributed by atoms with van der Waals surface area (Å²) < 4.78 is 5.16. The minimum absolute atomic E-state index is 0.0145. The summed E-state index contributed by atoms with van der Waals surface area (Å²) >= 11 is 0. The van der Waals surface area contributed by atoms with Crippen molar-refractivity contribution >= 4 is 24.1 Å². The van der Waals surface area contributed by atoms with E-state index >= 15 is 0 Å². The second-order valence-electron chi connectivity index (χ2n) is 4.30. The van der Waals surface area contributed by atoms with Gasteiger partial charge in [-0.3, -0.25) is 14.9 Å². The molecular weight excluding hydrogens is 270 g/mol. The molecule has 2 rings (SSSR count). The van der Waals surface area contributed by atoms with Crippen LogP contribution in [0.5, 0.6) is 5.75 Å². The maximum atomic E-state index is 10.7. The largest absolute Gasteiger partial charge is 0.496 e. The molecule has 0 amide bonds. The van der Waals surface area contributed by atoms with Crippen molar-refractivity contribution in [2.45, 2.75) is 0 Å². The molecule has 0 aromatic heterocycles. The highest BCUT2D eigenvalue weighted by molar-refractivity contribution is 5.77. The lowest BCUT2D eigenvalue weighted by Gasteiger charge is -2.04. The van der Waals surface area contributed by atoms with Crippen LogP contribution in [0.1, 0.15) is 21.5 Å². The fourth-order valence-corrected chi connectivity index (χ4v) is 1.82. The normalized spacial score (nSPS) is 10.5. The molecule has 0 bridgehead atoms. The van der Waals surface area contributed by atoms with E-state index in [1.54, 1.807) is 24.3 Å². The summed E-state index contributed by atoms with van der Waals surface area (Å²) in [6, 6.07) is 11.5. The van der Waals surface area contributed by atoms with Crippen LogP contribution >= 0.6 is 0 Å². The number of nitrogens with zero attached hydrogens (tertiary/aromatic N) is 1. The van der Waals surface area contributed by atoms with Crippen LogP contribution in [0.15, 0.2) is 42.5 Å². The van der Waals surface area contributed by atoms with Crippen LogP contribution < -0.4 is 4.74 Å². The maximum Gasteiger partial charge on any atom is 0.273 e. The van der Waals surface area contributed by atoms with Crippen molar-refractivity contribution in [1.29, 1.82) is 0 Å². The molecule has 0 aliphatic heterocycles. The van der Waals surface area contributed by atoms with Crippen LogP contribution in [-0.4, -0.2) is 18.3 Å². The van der Waals surface area contributed by atoms with Crippen LogP contribution in [0.4, 0.5) is 5.69 Å². The zero-order valence-electron chi connectivity index (χ0n) is 11.4. The molecule has 0 atom stereocenters. The molecule has 0 saturated heterocycles. The van der Waals surface area contributed by atoms with E-state index in [1.807, 2.05) is 18.2 Å². The Morgan fingerprint density at radius 3 is 2.29 bits per heavy atom. The van der Waals surface area contributed by atoms with Gasteiger partial charge in [0, 0.05) is 17.2 Å². The first-order valence-electron chi connectivity index (χ1n) is 6.20. The number of rotatable bonds is 5. The second-order valence-corrected chi connectivity index (χ2v) is 4.30. The summed E-state index contributed by atoms with van der Waals surface area (Å²) in [5.74, 6) is 0.435. The number of nitro benzene ring substituents is 1. The Hall–Kier alpha value is -2.95. The van der Waals surface area contributed by atoms with Gasteiger partial charge >= 0.3 is 0 Å². The summed E-state index contributed by atoms with van der Waals surface area (Å²) in [6.07, 6.45) is 4.43. The highest BCUT2D eigenvalue weighted by Crippen LogP contribution is 2.26. The number of non-ortho nitro benzene ring substituents is 1. The Bertz CT molecular complexity index is 690. The molecule has 0 aliphatic rings. The van der Waals surface area contributed by atoms with Gasteiger partial charge in [-0.25, -0.2) is 0 Å². The first-order valence-corrected chi connectivity index (χ1v) is 6.20. The van der Waals surface area contributed by atoms with E-state index in [1.165, 1.54) is 19.2 Å². The summed E-state index contributed by atoms with van der Waals surface area (Å²) in [5.41, 5.74) is 2.25. The average Bonchev–Trinajstić information content (AvgIpc) is 2.53. The standard InChI is InChI=1S/C16H13NO4/c1-21-16-10-15(17(19)20)9-8-14(16)7-6-12-2-4-13(11-18)5-3-12/h2-11H,1H3/b7-6+. The van der Waals surface area contributed by atoms with Crippen molar-refractivity contribution in [3.8, 4) is 5.75 Å². The molecule has 0 heterocycles. The number of hydrogen-bond donors (Lipinski definition) is 0. The highest BCUT2D eigenvalue weighted by Gasteiger charge is 2.09. The number of ether oxygens (including phenoxy) is 1. The molecule has 0 saturated carbocycles. The lowest BCUT2D eigenvalue weighted by molar-refractivity contribution is -0.384. The van der Waals surface area contributed by atoms with E-state index in [-0.39, 0.29) is 5.69 Å². The number of carbonyl (C=O) groups excluding carboxylic acids is 1. The third-order valence-corrected chi connectivity index (χ3v) is 2.96. The van der Waals surface area contributed by atoms with Crippen molar-refractivity contribution in [2.75, 3.05) is 7.11 Å². The van der Waals surface area contributed by atoms with Crippen LogP contribution in [0, 0.1) is 10.1 Å². The molecule has 21 heavy (non-hydrogen) atoms. The first kappa shape index (κ1) is 14.5. The third-order valence-electron chi connectivity index (χ3n) is 2.96. The quantitative estimate of drug-likeness (QED) is 0.364. The van der Waals surface area contributed by atoms with Gasteiger partial charge in [0.25, 0.3) is 5.69 Å². The fraction of sp³-hybridized carbons (Fsp3) is 0.0625. The number of nitro groups is 1. The summed E-state index contributed by atoms with van der Waals surface area (Å²) in [6.45, 7) is 0. The summed E-state index contributed by atoms with van der Waals surface area (Å²) in [4.78, 5) is 20.8. The minimum atomic E-state index is -0.464. The number of hydrogen-bond acceptors (Lipinski definition) is 4. The zero-order valence-corrected chi connectivity index (χ0v) is 11.4. The van der Waals surface area contributed by atoms with Gasteiger partial charge in [0.15, 0.2) is 0 Å². The molecular formula is C16H13NO4. The highest BCUT2D eigenvalue weighted by atomic mass is 16.6. The van der Waals surface area contributed by atoms with Crippen molar-refractivity contribution in [3.05, 3.63) is 69.3 Å². The van der Waals surface area contributed by atoms with E-state index in [4.69, 9.17) is 4.74 Å². The SMILES string of the molecule is COc1cc([N+](=O)[O-])ccc1/C=C/c1ccc(C=O)cc1. The van der Waals surface area contributed by atoms with E-state index in [9.17, 15) is 14.9 Å². The molecule has 0 unspecified atom stereocenters. The third kappa shape index (κ3) is 3.54. The lowest BCUT2D eigenvalue weighted by Crippen LogP contribution is -1.92. The van der Waals surface area contributed by atoms with Crippen LogP contribution in [0.3, 0.4) is 0 Å². The van der Waals surface area contributed by atoms with Gasteiger partial charge < -0.3 is 4.74 Å². The molecule has 0 aliphatic carbocycles. The summed E-state index contributed by atoms with van der Waals surface area (Å²) in [7, 11) is 1.47. The monoisotopic (exact) mass is 283 g/mol. The smallest absolute Gasteiger partial charge is 0.273 e. The Kier molecular flexibility index (Phi) is 4.46.